The van der Waals surface area contributed by atoms with E-state index >= 15 is 0 Å². The molecule has 4 heteroatoms. The summed E-state index contributed by atoms with van der Waals surface area (Å²) >= 11 is 0. The van der Waals surface area contributed by atoms with Crippen molar-refractivity contribution in [2.75, 3.05) is 6.54 Å². The van der Waals surface area contributed by atoms with Gasteiger partial charge in [-0.25, -0.2) is 4.79 Å². The van der Waals surface area contributed by atoms with Crippen LogP contribution in [0.1, 0.15) is 37.8 Å². The molecule has 1 aliphatic carbocycles. The minimum atomic E-state index is 0.0411. The van der Waals surface area contributed by atoms with Gasteiger partial charge in [-0.3, -0.25) is 9.13 Å². The maximum Gasteiger partial charge on any atom is 0.328 e. The second-order valence-electron chi connectivity index (χ2n) is 5.94. The fraction of sp³-hybridized carbons (Fsp3) is 0.562. The summed E-state index contributed by atoms with van der Waals surface area (Å²) in [7, 11) is 3.67. The first-order valence-electron chi connectivity index (χ1n) is 7.50. The Bertz CT molecular complexity index is 679. The summed E-state index contributed by atoms with van der Waals surface area (Å²) in [4.78, 5) is 12.0. The Morgan fingerprint density at radius 3 is 2.60 bits per heavy atom. The van der Waals surface area contributed by atoms with Crippen LogP contribution in [-0.4, -0.2) is 15.7 Å². The molecule has 1 aliphatic rings. The van der Waals surface area contributed by atoms with Crippen molar-refractivity contribution in [3.63, 3.8) is 0 Å². The van der Waals surface area contributed by atoms with E-state index in [0.29, 0.717) is 6.04 Å². The summed E-state index contributed by atoms with van der Waals surface area (Å²) in [6.07, 6.45) is 3.95. The highest BCUT2D eigenvalue weighted by Crippen LogP contribution is 2.38. The number of fused-ring (bicyclic) bond motifs is 1. The fourth-order valence-corrected chi connectivity index (χ4v) is 3.01. The highest BCUT2D eigenvalue weighted by molar-refractivity contribution is 5.77. The van der Waals surface area contributed by atoms with Crippen LogP contribution in [0.4, 0.5) is 0 Å². The zero-order chi connectivity index (χ0) is 14.3. The first kappa shape index (κ1) is 13.4. The lowest BCUT2D eigenvalue weighted by Gasteiger charge is -2.18. The third-order valence-electron chi connectivity index (χ3n) is 4.41. The maximum atomic E-state index is 12.0. The van der Waals surface area contributed by atoms with E-state index in [9.17, 15) is 4.79 Å². The van der Waals surface area contributed by atoms with Crippen LogP contribution in [0.3, 0.4) is 0 Å². The minimum absolute atomic E-state index is 0.0411. The smallest absolute Gasteiger partial charge is 0.310 e. The van der Waals surface area contributed by atoms with Crippen molar-refractivity contribution >= 4 is 11.0 Å². The molecular formula is C16H23N3O. The molecule has 1 fully saturated rings. The van der Waals surface area contributed by atoms with E-state index in [1.54, 1.807) is 9.13 Å². The lowest BCUT2D eigenvalue weighted by atomic mass is 10.0. The predicted molar refractivity (Wildman–Crippen MR) is 81.9 cm³/mol. The second kappa shape index (κ2) is 5.09. The van der Waals surface area contributed by atoms with Crippen LogP contribution in [0, 0.1) is 5.92 Å². The summed E-state index contributed by atoms with van der Waals surface area (Å²) in [6, 6.07) is 6.82. The highest BCUT2D eigenvalue weighted by Gasteiger charge is 2.26. The van der Waals surface area contributed by atoms with Crippen LogP contribution in [0.25, 0.3) is 11.0 Å². The topological polar surface area (TPSA) is 39.0 Å². The van der Waals surface area contributed by atoms with Gasteiger partial charge in [0.25, 0.3) is 0 Å². The zero-order valence-corrected chi connectivity index (χ0v) is 12.5. The molecular weight excluding hydrogens is 250 g/mol. The summed E-state index contributed by atoms with van der Waals surface area (Å²) in [5, 5.41) is 3.58. The number of benzene rings is 1. The van der Waals surface area contributed by atoms with Gasteiger partial charge in [-0.15, -0.1) is 0 Å². The Morgan fingerprint density at radius 2 is 1.95 bits per heavy atom. The molecule has 1 atom stereocenters. The van der Waals surface area contributed by atoms with Crippen molar-refractivity contribution in [1.29, 1.82) is 0 Å². The quantitative estimate of drug-likeness (QED) is 0.908. The van der Waals surface area contributed by atoms with Gasteiger partial charge in [0.15, 0.2) is 0 Å². The van der Waals surface area contributed by atoms with Gasteiger partial charge < -0.3 is 5.32 Å². The monoisotopic (exact) mass is 273 g/mol. The molecule has 3 rings (SSSR count). The molecule has 1 aromatic carbocycles. The number of rotatable bonds is 5. The third kappa shape index (κ3) is 2.29. The van der Waals surface area contributed by atoms with Gasteiger partial charge in [-0.2, -0.15) is 0 Å². The SMILES string of the molecule is CCNC(CC1CC1)c1ccc2c(c1)n(C)c(=O)n2C. The molecule has 0 radical (unpaired) electrons. The van der Waals surface area contributed by atoms with Crippen LogP contribution in [0.15, 0.2) is 23.0 Å². The first-order chi connectivity index (χ1) is 9.61. The number of aromatic nitrogens is 2. The van der Waals surface area contributed by atoms with Crippen LogP contribution < -0.4 is 11.0 Å². The number of imidazole rings is 1. The van der Waals surface area contributed by atoms with Gasteiger partial charge >= 0.3 is 5.69 Å². The van der Waals surface area contributed by atoms with Crippen molar-refractivity contribution in [2.45, 2.75) is 32.2 Å². The maximum absolute atomic E-state index is 12.0. The minimum Gasteiger partial charge on any atom is -0.310 e. The molecule has 4 nitrogen and oxygen atoms in total. The second-order valence-corrected chi connectivity index (χ2v) is 5.94. The zero-order valence-electron chi connectivity index (χ0n) is 12.5. The third-order valence-corrected chi connectivity index (χ3v) is 4.41. The van der Waals surface area contributed by atoms with Gasteiger partial charge in [0.1, 0.15) is 0 Å². The number of nitrogens with zero attached hydrogens (tertiary/aromatic N) is 2. The molecule has 20 heavy (non-hydrogen) atoms. The van der Waals surface area contributed by atoms with Crippen molar-refractivity contribution in [2.24, 2.45) is 20.0 Å². The predicted octanol–water partition coefficient (Wildman–Crippen LogP) is 2.33. The van der Waals surface area contributed by atoms with E-state index in [4.69, 9.17) is 0 Å². The summed E-state index contributed by atoms with van der Waals surface area (Å²) in [6.45, 7) is 3.12. The molecule has 2 aromatic rings. The van der Waals surface area contributed by atoms with Gasteiger partial charge in [-0.1, -0.05) is 25.8 Å². The van der Waals surface area contributed by atoms with Crippen LogP contribution >= 0.6 is 0 Å². The Hall–Kier alpha value is -1.55. The molecule has 0 saturated heterocycles. The molecule has 1 unspecified atom stereocenters. The number of aryl methyl sites for hydroxylation is 2. The van der Waals surface area contributed by atoms with Crippen LogP contribution in [0.2, 0.25) is 0 Å². The fourth-order valence-electron chi connectivity index (χ4n) is 3.01. The van der Waals surface area contributed by atoms with Gasteiger partial charge in [0.05, 0.1) is 11.0 Å². The molecule has 0 aliphatic heterocycles. The molecule has 108 valence electrons. The lowest BCUT2D eigenvalue weighted by molar-refractivity contribution is 0.487. The van der Waals surface area contributed by atoms with E-state index < -0.39 is 0 Å². The summed E-state index contributed by atoms with van der Waals surface area (Å²) in [5.74, 6) is 0.884. The average molecular weight is 273 g/mol. The van der Waals surface area contributed by atoms with Crippen molar-refractivity contribution in [1.82, 2.24) is 14.5 Å². The Labute approximate surface area is 119 Å². The largest absolute Gasteiger partial charge is 0.328 e. The first-order valence-corrected chi connectivity index (χ1v) is 7.50. The highest BCUT2D eigenvalue weighted by atomic mass is 16.1. The van der Waals surface area contributed by atoms with E-state index in [1.807, 2.05) is 14.1 Å². The molecule has 0 amide bonds. The summed E-state index contributed by atoms with van der Waals surface area (Å²) in [5.41, 5.74) is 3.36. The molecule has 0 spiro atoms. The lowest BCUT2D eigenvalue weighted by Crippen LogP contribution is -2.21. The number of nitrogens with one attached hydrogen (secondary N) is 1. The van der Waals surface area contributed by atoms with E-state index in [-0.39, 0.29) is 5.69 Å². The molecule has 1 aromatic heterocycles. The molecule has 1 saturated carbocycles. The van der Waals surface area contributed by atoms with E-state index in [0.717, 1.165) is 23.5 Å². The van der Waals surface area contributed by atoms with E-state index in [1.165, 1.54) is 24.8 Å². The van der Waals surface area contributed by atoms with Crippen molar-refractivity contribution < 1.29 is 0 Å². The van der Waals surface area contributed by atoms with Gasteiger partial charge in [-0.05, 0) is 36.6 Å². The number of hydrogen-bond acceptors (Lipinski definition) is 2. The van der Waals surface area contributed by atoms with Gasteiger partial charge in [0, 0.05) is 20.1 Å². The normalized spacial score (nSPS) is 16.8. The summed E-state index contributed by atoms with van der Waals surface area (Å²) < 4.78 is 3.45. The standard InChI is InChI=1S/C16H23N3O/c1-4-17-13(9-11-5-6-11)12-7-8-14-15(10-12)19(3)16(20)18(14)2/h7-8,10-11,13,17H,4-6,9H2,1-3H3. The van der Waals surface area contributed by atoms with Crippen LogP contribution in [-0.2, 0) is 14.1 Å². The Morgan fingerprint density at radius 1 is 1.25 bits per heavy atom. The molecule has 1 heterocycles. The Kier molecular flexibility index (Phi) is 3.42. The number of hydrogen-bond donors (Lipinski definition) is 1. The van der Waals surface area contributed by atoms with Crippen LogP contribution in [0.5, 0.6) is 0 Å². The van der Waals surface area contributed by atoms with E-state index in [2.05, 4.69) is 30.4 Å². The Balaban J connectivity index is 2.01. The van der Waals surface area contributed by atoms with Crippen molar-refractivity contribution in [3.8, 4) is 0 Å². The van der Waals surface area contributed by atoms with Crippen molar-refractivity contribution in [3.05, 3.63) is 34.2 Å². The van der Waals surface area contributed by atoms with Gasteiger partial charge in [0.2, 0.25) is 0 Å². The molecule has 1 N–H and O–H groups in total. The average Bonchev–Trinajstić information content (AvgIpc) is 3.24. The molecule has 0 bridgehead atoms.